The Morgan fingerprint density at radius 3 is 2.54 bits per heavy atom. The van der Waals surface area contributed by atoms with E-state index in [1.165, 1.54) is 0 Å². The molecule has 0 radical (unpaired) electrons. The summed E-state index contributed by atoms with van der Waals surface area (Å²) >= 11 is 5.40. The normalized spacial score (nSPS) is 14.9. The summed E-state index contributed by atoms with van der Waals surface area (Å²) in [7, 11) is 3.23. The summed E-state index contributed by atoms with van der Waals surface area (Å²) in [6.45, 7) is 5.39. The number of aromatic amines is 1. The number of hydrogen-bond donors (Lipinski definition) is 2. The van der Waals surface area contributed by atoms with Crippen molar-refractivity contribution in [3.05, 3.63) is 58.4 Å². The van der Waals surface area contributed by atoms with Crippen molar-refractivity contribution in [2.75, 3.05) is 47.1 Å². The van der Waals surface area contributed by atoms with Crippen molar-refractivity contribution in [2.45, 2.75) is 19.5 Å². The number of carbonyl (C=O) groups is 1. The highest BCUT2D eigenvalue weighted by molar-refractivity contribution is 7.71. The molecule has 1 aromatic heterocycles. The van der Waals surface area contributed by atoms with E-state index < -0.39 is 0 Å². The number of nitrogens with zero attached hydrogens (tertiary/aromatic N) is 3. The summed E-state index contributed by atoms with van der Waals surface area (Å²) in [5, 5.41) is 10.2. The number of morpholine rings is 1. The average molecular weight is 498 g/mol. The molecule has 1 aliphatic heterocycles. The van der Waals surface area contributed by atoms with Crippen molar-refractivity contribution >= 4 is 18.1 Å². The molecule has 2 heterocycles. The molecule has 186 valence electrons. The first-order valence-electron chi connectivity index (χ1n) is 11.5. The summed E-state index contributed by atoms with van der Waals surface area (Å²) in [6, 6.07) is 13.8. The Morgan fingerprint density at radius 2 is 1.86 bits per heavy atom. The third-order valence-corrected chi connectivity index (χ3v) is 6.45. The first kappa shape index (κ1) is 24.9. The van der Waals surface area contributed by atoms with Crippen LogP contribution < -0.4 is 14.8 Å². The minimum absolute atomic E-state index is 0.0449. The van der Waals surface area contributed by atoms with Crippen LogP contribution in [-0.4, -0.2) is 72.6 Å². The molecule has 1 fully saturated rings. The highest BCUT2D eigenvalue weighted by atomic mass is 32.1. The molecule has 3 aromatic rings. The Balaban J connectivity index is 1.51. The van der Waals surface area contributed by atoms with Gasteiger partial charge in [-0.25, -0.2) is 0 Å². The van der Waals surface area contributed by atoms with Crippen LogP contribution in [0.3, 0.4) is 0 Å². The number of methoxy groups -OCH3 is 2. The summed E-state index contributed by atoms with van der Waals surface area (Å²) in [4.78, 5) is 15.3. The Hall–Kier alpha value is -3.21. The van der Waals surface area contributed by atoms with E-state index in [9.17, 15) is 4.79 Å². The molecule has 9 nitrogen and oxygen atoms in total. The van der Waals surface area contributed by atoms with E-state index in [2.05, 4.69) is 20.4 Å². The van der Waals surface area contributed by atoms with Crippen LogP contribution in [0.2, 0.25) is 0 Å². The summed E-state index contributed by atoms with van der Waals surface area (Å²) < 4.78 is 18.6. The first-order valence-corrected chi connectivity index (χ1v) is 11.9. The van der Waals surface area contributed by atoms with Gasteiger partial charge in [0, 0.05) is 25.2 Å². The molecule has 2 aromatic carbocycles. The van der Waals surface area contributed by atoms with E-state index in [1.807, 2.05) is 49.4 Å². The Bertz CT molecular complexity index is 1200. The fourth-order valence-electron chi connectivity index (χ4n) is 4.20. The molecule has 35 heavy (non-hydrogen) atoms. The van der Waals surface area contributed by atoms with Crippen LogP contribution >= 0.6 is 12.2 Å². The molecule has 1 aliphatic rings. The monoisotopic (exact) mass is 497 g/mol. The van der Waals surface area contributed by atoms with E-state index in [1.54, 1.807) is 18.8 Å². The smallest absolute Gasteiger partial charge is 0.240 e. The summed E-state index contributed by atoms with van der Waals surface area (Å²) in [6.07, 6.45) is 0. The van der Waals surface area contributed by atoms with E-state index >= 15 is 0 Å². The van der Waals surface area contributed by atoms with Gasteiger partial charge in [-0.2, -0.15) is 5.10 Å². The fourth-order valence-corrected chi connectivity index (χ4v) is 4.40. The van der Waals surface area contributed by atoms with Gasteiger partial charge in [0.1, 0.15) is 6.54 Å². The van der Waals surface area contributed by atoms with Crippen LogP contribution in [0.4, 0.5) is 0 Å². The van der Waals surface area contributed by atoms with Crippen LogP contribution in [0.25, 0.3) is 11.4 Å². The molecule has 0 aliphatic carbocycles. The number of carbonyl (C=O) groups excluding carboxylic acids is 1. The molecule has 1 saturated heterocycles. The van der Waals surface area contributed by atoms with Crippen LogP contribution in [0.1, 0.15) is 17.2 Å². The van der Waals surface area contributed by atoms with Gasteiger partial charge in [0.15, 0.2) is 22.1 Å². The molecular weight excluding hydrogens is 466 g/mol. The number of benzene rings is 2. The van der Waals surface area contributed by atoms with E-state index in [0.717, 1.165) is 29.8 Å². The predicted octanol–water partition coefficient (Wildman–Crippen LogP) is 3.12. The highest BCUT2D eigenvalue weighted by Gasteiger charge is 2.25. The second-order valence-electron chi connectivity index (χ2n) is 8.39. The van der Waals surface area contributed by atoms with E-state index in [-0.39, 0.29) is 18.5 Å². The Labute approximate surface area is 210 Å². The van der Waals surface area contributed by atoms with Crippen LogP contribution in [0, 0.1) is 11.7 Å². The standard InChI is InChI=1S/C25H31N5O4S/c1-17-4-6-18(7-5-17)24-27-28-25(35)30(24)16-23(31)26-15-20(29-10-12-34-13-11-29)19-8-9-21(32-2)22(14-19)33-3/h4-9,14,20H,10-13,15-16H2,1-3H3,(H,26,31)(H,28,35). The molecular formula is C25H31N5O4S. The highest BCUT2D eigenvalue weighted by Crippen LogP contribution is 2.32. The quantitative estimate of drug-likeness (QED) is 0.439. The van der Waals surface area contributed by atoms with Crippen LogP contribution in [0.5, 0.6) is 11.5 Å². The maximum atomic E-state index is 13.0. The van der Waals surface area contributed by atoms with Crippen molar-refractivity contribution in [3.63, 3.8) is 0 Å². The second-order valence-corrected chi connectivity index (χ2v) is 8.77. The second kappa shape index (κ2) is 11.5. The molecule has 0 spiro atoms. The Kier molecular flexibility index (Phi) is 8.17. The number of nitrogens with one attached hydrogen (secondary N) is 2. The van der Waals surface area contributed by atoms with Crippen molar-refractivity contribution in [2.24, 2.45) is 0 Å². The largest absolute Gasteiger partial charge is 0.493 e. The molecule has 0 saturated carbocycles. The SMILES string of the molecule is COc1ccc(C(CNC(=O)Cn2c(-c3ccc(C)cc3)n[nH]c2=S)N2CCOCC2)cc1OC. The molecule has 10 heteroatoms. The van der Waals surface area contributed by atoms with Crippen LogP contribution in [0.15, 0.2) is 42.5 Å². The number of aryl methyl sites for hydroxylation is 1. The Morgan fingerprint density at radius 1 is 1.14 bits per heavy atom. The lowest BCUT2D eigenvalue weighted by atomic mass is 10.0. The minimum atomic E-state index is -0.144. The number of rotatable bonds is 9. The summed E-state index contributed by atoms with van der Waals surface area (Å²) in [5.41, 5.74) is 3.08. The topological polar surface area (TPSA) is 93.6 Å². The van der Waals surface area contributed by atoms with Gasteiger partial charge in [-0.05, 0) is 36.8 Å². The lowest BCUT2D eigenvalue weighted by molar-refractivity contribution is -0.122. The average Bonchev–Trinajstić information content (AvgIpc) is 3.24. The zero-order chi connectivity index (χ0) is 24.8. The van der Waals surface area contributed by atoms with Gasteiger partial charge >= 0.3 is 0 Å². The molecule has 1 unspecified atom stereocenters. The van der Waals surface area contributed by atoms with Gasteiger partial charge in [-0.3, -0.25) is 19.4 Å². The van der Waals surface area contributed by atoms with Gasteiger partial charge in [0.2, 0.25) is 5.91 Å². The van der Waals surface area contributed by atoms with Gasteiger partial charge in [-0.15, -0.1) is 0 Å². The maximum absolute atomic E-state index is 13.0. The van der Waals surface area contributed by atoms with Gasteiger partial charge < -0.3 is 19.5 Å². The number of aromatic nitrogens is 3. The van der Waals surface area contributed by atoms with E-state index in [4.69, 9.17) is 26.4 Å². The molecule has 4 rings (SSSR count). The fraction of sp³-hybridized carbons (Fsp3) is 0.400. The number of ether oxygens (including phenoxy) is 3. The van der Waals surface area contributed by atoms with Gasteiger partial charge in [-0.1, -0.05) is 35.9 Å². The number of H-pyrrole nitrogens is 1. The van der Waals surface area contributed by atoms with Gasteiger partial charge in [0.25, 0.3) is 0 Å². The molecule has 1 amide bonds. The summed E-state index contributed by atoms with van der Waals surface area (Å²) in [5.74, 6) is 1.81. The lowest BCUT2D eigenvalue weighted by Gasteiger charge is -2.35. The third kappa shape index (κ3) is 5.90. The van der Waals surface area contributed by atoms with Crippen molar-refractivity contribution in [1.29, 1.82) is 0 Å². The number of hydrogen-bond acceptors (Lipinski definition) is 7. The van der Waals surface area contributed by atoms with Crippen molar-refractivity contribution in [3.8, 4) is 22.9 Å². The molecule has 2 N–H and O–H groups in total. The lowest BCUT2D eigenvalue weighted by Crippen LogP contribution is -2.44. The minimum Gasteiger partial charge on any atom is -0.493 e. The predicted molar refractivity (Wildman–Crippen MR) is 135 cm³/mol. The van der Waals surface area contributed by atoms with Crippen molar-refractivity contribution in [1.82, 2.24) is 25.0 Å². The van der Waals surface area contributed by atoms with Crippen molar-refractivity contribution < 1.29 is 19.0 Å². The van der Waals surface area contributed by atoms with Gasteiger partial charge in [0.05, 0.1) is 33.5 Å². The zero-order valence-electron chi connectivity index (χ0n) is 20.2. The maximum Gasteiger partial charge on any atom is 0.240 e. The third-order valence-electron chi connectivity index (χ3n) is 6.14. The number of amides is 1. The van der Waals surface area contributed by atoms with Crippen LogP contribution in [-0.2, 0) is 16.1 Å². The zero-order valence-corrected chi connectivity index (χ0v) is 21.1. The molecule has 0 bridgehead atoms. The molecule has 1 atom stereocenters. The first-order chi connectivity index (χ1) is 17.0. The van der Waals surface area contributed by atoms with E-state index in [0.29, 0.717) is 41.9 Å².